The van der Waals surface area contributed by atoms with Gasteiger partial charge < -0.3 is 5.32 Å². The molecule has 6 heteroatoms. The molecule has 0 spiro atoms. The third-order valence-corrected chi connectivity index (χ3v) is 4.63. The molecule has 23 heavy (non-hydrogen) atoms. The number of amides is 1. The standard InChI is InChI=1S/C17H20N2O3S/c1-12-5-3-4-6-15(12)11-17(20)19-13(2)14-7-9-16(10-8-14)23(18,21)22/h3-10,13H,11H2,1-2H3,(H,19,20)(H2,18,21,22). The Balaban J connectivity index is 2.02. The van der Waals surface area contributed by atoms with Crippen LogP contribution < -0.4 is 10.5 Å². The van der Waals surface area contributed by atoms with Gasteiger partial charge in [-0.15, -0.1) is 0 Å². The lowest BCUT2D eigenvalue weighted by Gasteiger charge is -2.15. The second-order valence-corrected chi connectivity index (χ2v) is 7.07. The molecule has 2 aromatic rings. The molecule has 0 aliphatic heterocycles. The van der Waals surface area contributed by atoms with Crippen LogP contribution in [0.2, 0.25) is 0 Å². The third-order valence-electron chi connectivity index (χ3n) is 3.70. The number of rotatable bonds is 5. The summed E-state index contributed by atoms with van der Waals surface area (Å²) in [5.74, 6) is -0.0812. The van der Waals surface area contributed by atoms with Crippen LogP contribution in [0.3, 0.4) is 0 Å². The SMILES string of the molecule is Cc1ccccc1CC(=O)NC(C)c1ccc(S(N)(=O)=O)cc1. The zero-order valence-electron chi connectivity index (χ0n) is 13.1. The molecule has 2 aromatic carbocycles. The van der Waals surface area contributed by atoms with E-state index in [1.807, 2.05) is 38.1 Å². The highest BCUT2D eigenvalue weighted by Gasteiger charge is 2.13. The molecular weight excluding hydrogens is 312 g/mol. The van der Waals surface area contributed by atoms with Crippen molar-refractivity contribution in [3.05, 3.63) is 65.2 Å². The summed E-state index contributed by atoms with van der Waals surface area (Å²) in [4.78, 5) is 12.2. The Bertz CT molecular complexity index is 799. The van der Waals surface area contributed by atoms with Crippen LogP contribution in [0.1, 0.15) is 29.7 Å². The first-order valence-corrected chi connectivity index (χ1v) is 8.78. The van der Waals surface area contributed by atoms with Gasteiger partial charge in [-0.25, -0.2) is 13.6 Å². The molecular formula is C17H20N2O3S. The Morgan fingerprint density at radius 3 is 2.30 bits per heavy atom. The van der Waals surface area contributed by atoms with Crippen LogP contribution in [-0.2, 0) is 21.2 Å². The average molecular weight is 332 g/mol. The Labute approximate surface area is 136 Å². The van der Waals surface area contributed by atoms with Gasteiger partial charge in [-0.2, -0.15) is 0 Å². The minimum absolute atomic E-state index is 0.0553. The molecule has 0 bridgehead atoms. The van der Waals surface area contributed by atoms with Crippen LogP contribution >= 0.6 is 0 Å². The van der Waals surface area contributed by atoms with Crippen molar-refractivity contribution < 1.29 is 13.2 Å². The van der Waals surface area contributed by atoms with Gasteiger partial charge in [-0.05, 0) is 42.7 Å². The summed E-state index contributed by atoms with van der Waals surface area (Å²) < 4.78 is 22.5. The van der Waals surface area contributed by atoms with Gasteiger partial charge in [0.15, 0.2) is 0 Å². The first kappa shape index (κ1) is 17.2. The van der Waals surface area contributed by atoms with Crippen molar-refractivity contribution in [1.29, 1.82) is 0 Å². The van der Waals surface area contributed by atoms with Gasteiger partial charge in [0, 0.05) is 0 Å². The van der Waals surface area contributed by atoms with E-state index in [-0.39, 0.29) is 16.8 Å². The molecule has 2 rings (SSSR count). The van der Waals surface area contributed by atoms with E-state index in [0.717, 1.165) is 16.7 Å². The molecule has 1 unspecified atom stereocenters. The van der Waals surface area contributed by atoms with Crippen LogP contribution in [-0.4, -0.2) is 14.3 Å². The average Bonchev–Trinajstić information content (AvgIpc) is 2.49. The van der Waals surface area contributed by atoms with Gasteiger partial charge in [0.05, 0.1) is 17.4 Å². The highest BCUT2D eigenvalue weighted by molar-refractivity contribution is 7.89. The molecule has 0 saturated heterocycles. The van der Waals surface area contributed by atoms with Crippen LogP contribution in [0.5, 0.6) is 0 Å². The van der Waals surface area contributed by atoms with E-state index in [9.17, 15) is 13.2 Å². The Hall–Kier alpha value is -2.18. The maximum absolute atomic E-state index is 12.1. The van der Waals surface area contributed by atoms with Crippen LogP contribution in [0.4, 0.5) is 0 Å². The van der Waals surface area contributed by atoms with Crippen molar-refractivity contribution in [1.82, 2.24) is 5.32 Å². The molecule has 0 aromatic heterocycles. The molecule has 122 valence electrons. The Morgan fingerprint density at radius 1 is 1.13 bits per heavy atom. The maximum Gasteiger partial charge on any atom is 0.238 e. The first-order chi connectivity index (χ1) is 10.8. The van der Waals surface area contributed by atoms with E-state index in [0.29, 0.717) is 6.42 Å². The largest absolute Gasteiger partial charge is 0.349 e. The van der Waals surface area contributed by atoms with Crippen molar-refractivity contribution in [2.75, 3.05) is 0 Å². The predicted octanol–water partition coefficient (Wildman–Crippen LogP) is 2.06. The smallest absolute Gasteiger partial charge is 0.238 e. The molecule has 3 N–H and O–H groups in total. The fourth-order valence-electron chi connectivity index (χ4n) is 2.30. The Kier molecular flexibility index (Phi) is 5.18. The minimum atomic E-state index is -3.70. The molecule has 0 radical (unpaired) electrons. The first-order valence-electron chi connectivity index (χ1n) is 7.24. The summed E-state index contributed by atoms with van der Waals surface area (Å²) in [5, 5.41) is 7.98. The molecule has 1 amide bonds. The highest BCUT2D eigenvalue weighted by Crippen LogP contribution is 2.16. The maximum atomic E-state index is 12.1. The summed E-state index contributed by atoms with van der Waals surface area (Å²) in [5.41, 5.74) is 2.88. The van der Waals surface area contributed by atoms with E-state index in [4.69, 9.17) is 5.14 Å². The molecule has 0 aliphatic carbocycles. The number of hydrogen-bond acceptors (Lipinski definition) is 3. The van der Waals surface area contributed by atoms with Crippen molar-refractivity contribution in [2.24, 2.45) is 5.14 Å². The van der Waals surface area contributed by atoms with Gasteiger partial charge >= 0.3 is 0 Å². The van der Waals surface area contributed by atoms with Gasteiger partial charge in [0.25, 0.3) is 0 Å². The van der Waals surface area contributed by atoms with E-state index >= 15 is 0 Å². The number of carbonyl (C=O) groups excluding carboxylic acids is 1. The number of primary sulfonamides is 1. The molecule has 0 fully saturated rings. The minimum Gasteiger partial charge on any atom is -0.349 e. The number of nitrogens with two attached hydrogens (primary N) is 1. The van der Waals surface area contributed by atoms with Gasteiger partial charge in [-0.3, -0.25) is 4.79 Å². The number of hydrogen-bond donors (Lipinski definition) is 2. The normalized spacial score (nSPS) is 12.7. The topological polar surface area (TPSA) is 89.3 Å². The number of benzene rings is 2. The van der Waals surface area contributed by atoms with E-state index < -0.39 is 10.0 Å². The van der Waals surface area contributed by atoms with Crippen molar-refractivity contribution in [3.8, 4) is 0 Å². The lowest BCUT2D eigenvalue weighted by molar-refractivity contribution is -0.121. The number of aryl methyl sites for hydroxylation is 1. The Morgan fingerprint density at radius 2 is 1.74 bits per heavy atom. The second-order valence-electron chi connectivity index (χ2n) is 5.51. The predicted molar refractivity (Wildman–Crippen MR) is 89.3 cm³/mol. The second kappa shape index (κ2) is 6.93. The van der Waals surface area contributed by atoms with Crippen LogP contribution in [0, 0.1) is 6.92 Å². The van der Waals surface area contributed by atoms with E-state index in [1.165, 1.54) is 12.1 Å². The summed E-state index contributed by atoms with van der Waals surface area (Å²) in [6.45, 7) is 3.82. The van der Waals surface area contributed by atoms with E-state index in [2.05, 4.69) is 5.32 Å². The highest BCUT2D eigenvalue weighted by atomic mass is 32.2. The van der Waals surface area contributed by atoms with Gasteiger partial charge in [0.2, 0.25) is 15.9 Å². The summed E-state index contributed by atoms with van der Waals surface area (Å²) in [6, 6.07) is 13.7. The molecule has 5 nitrogen and oxygen atoms in total. The fourth-order valence-corrected chi connectivity index (χ4v) is 2.82. The van der Waals surface area contributed by atoms with Crippen LogP contribution in [0.15, 0.2) is 53.4 Å². The summed E-state index contributed by atoms with van der Waals surface area (Å²) in [7, 11) is -3.70. The number of sulfonamides is 1. The third kappa shape index (κ3) is 4.64. The van der Waals surface area contributed by atoms with Gasteiger partial charge in [-0.1, -0.05) is 36.4 Å². The zero-order chi connectivity index (χ0) is 17.0. The lowest BCUT2D eigenvalue weighted by atomic mass is 10.0. The summed E-state index contributed by atoms with van der Waals surface area (Å²) >= 11 is 0. The fraction of sp³-hybridized carbons (Fsp3) is 0.235. The monoisotopic (exact) mass is 332 g/mol. The van der Waals surface area contributed by atoms with Crippen molar-refractivity contribution >= 4 is 15.9 Å². The van der Waals surface area contributed by atoms with Crippen molar-refractivity contribution in [3.63, 3.8) is 0 Å². The lowest BCUT2D eigenvalue weighted by Crippen LogP contribution is -2.28. The molecule has 0 heterocycles. The molecule has 0 saturated carbocycles. The molecule has 0 aliphatic rings. The number of nitrogens with one attached hydrogen (secondary N) is 1. The number of carbonyl (C=O) groups is 1. The summed E-state index contributed by atoms with van der Waals surface area (Å²) in [6.07, 6.45) is 0.312. The van der Waals surface area contributed by atoms with Gasteiger partial charge in [0.1, 0.15) is 0 Å². The van der Waals surface area contributed by atoms with Crippen molar-refractivity contribution in [2.45, 2.75) is 31.2 Å². The van der Waals surface area contributed by atoms with E-state index in [1.54, 1.807) is 12.1 Å². The molecule has 1 atom stereocenters. The quantitative estimate of drug-likeness (QED) is 0.878. The van der Waals surface area contributed by atoms with Crippen LogP contribution in [0.25, 0.3) is 0 Å². The zero-order valence-corrected chi connectivity index (χ0v) is 13.9.